The van der Waals surface area contributed by atoms with Gasteiger partial charge in [-0.15, -0.1) is 10.2 Å². The highest BCUT2D eigenvalue weighted by Gasteiger charge is 2.18. The van der Waals surface area contributed by atoms with Gasteiger partial charge in [-0.25, -0.2) is 0 Å². The van der Waals surface area contributed by atoms with Crippen LogP contribution in [-0.4, -0.2) is 41.1 Å². The van der Waals surface area contributed by atoms with Gasteiger partial charge in [0.1, 0.15) is 10.8 Å². The molecule has 4 rings (SSSR count). The lowest BCUT2D eigenvalue weighted by Gasteiger charge is -2.08. The van der Waals surface area contributed by atoms with Crippen molar-refractivity contribution >= 4 is 16.3 Å². The van der Waals surface area contributed by atoms with Crippen molar-refractivity contribution in [3.8, 4) is 39.2 Å². The highest BCUT2D eigenvalue weighted by atomic mass is 32.1. The molecule has 4 aromatic rings. The fourth-order valence-electron chi connectivity index (χ4n) is 2.70. The number of ether oxygens (including phenoxy) is 3. The fraction of sp³-hybridized carbons (Fsp3) is 0.167. The summed E-state index contributed by atoms with van der Waals surface area (Å²) in [5, 5.41) is 14.0. The second kappa shape index (κ2) is 6.64. The lowest BCUT2D eigenvalue weighted by atomic mass is 10.2. The van der Waals surface area contributed by atoms with Crippen LogP contribution in [0.2, 0.25) is 0 Å². The number of methoxy groups -OCH3 is 3. The molecule has 0 saturated carbocycles. The summed E-state index contributed by atoms with van der Waals surface area (Å²) in [6.07, 6.45) is 0. The first kappa shape index (κ1) is 16.3. The lowest BCUT2D eigenvalue weighted by molar-refractivity contribution is 0.355. The molecule has 0 atom stereocenters. The minimum Gasteiger partial charge on any atom is -0.496 e. The van der Waals surface area contributed by atoms with Gasteiger partial charge in [0, 0.05) is 5.56 Å². The highest BCUT2D eigenvalue weighted by Crippen LogP contribution is 2.35. The number of hydrogen-bond donors (Lipinski definition) is 0. The van der Waals surface area contributed by atoms with E-state index in [2.05, 4.69) is 15.3 Å². The molecular formula is C18H16N4O3S. The SMILES string of the molecule is COc1ccc(-c2nn3c(-c4ccccc4OC)nnc3s2)cc1OC. The molecule has 0 bridgehead atoms. The average Bonchev–Trinajstić information content (AvgIpc) is 3.28. The average molecular weight is 368 g/mol. The van der Waals surface area contributed by atoms with Crippen LogP contribution in [0.1, 0.15) is 0 Å². The van der Waals surface area contributed by atoms with Gasteiger partial charge in [-0.3, -0.25) is 0 Å². The number of hydrogen-bond acceptors (Lipinski definition) is 7. The van der Waals surface area contributed by atoms with E-state index < -0.39 is 0 Å². The summed E-state index contributed by atoms with van der Waals surface area (Å²) in [5.41, 5.74) is 1.76. The van der Waals surface area contributed by atoms with Crippen LogP contribution in [0.3, 0.4) is 0 Å². The summed E-state index contributed by atoms with van der Waals surface area (Å²) < 4.78 is 17.8. The Labute approximate surface area is 153 Å². The molecule has 0 unspecified atom stereocenters. The molecule has 2 aromatic heterocycles. The Morgan fingerprint density at radius 1 is 0.846 bits per heavy atom. The summed E-state index contributed by atoms with van der Waals surface area (Å²) in [5.74, 6) is 2.69. The van der Waals surface area contributed by atoms with Crippen LogP contribution in [-0.2, 0) is 0 Å². The first-order valence-corrected chi connectivity index (χ1v) is 8.65. The number of para-hydroxylation sites is 1. The lowest BCUT2D eigenvalue weighted by Crippen LogP contribution is -1.94. The number of nitrogens with zero attached hydrogens (tertiary/aromatic N) is 4. The van der Waals surface area contributed by atoms with E-state index in [1.807, 2.05) is 42.5 Å². The van der Waals surface area contributed by atoms with Crippen molar-refractivity contribution in [3.63, 3.8) is 0 Å². The molecule has 0 fully saturated rings. The van der Waals surface area contributed by atoms with E-state index in [-0.39, 0.29) is 0 Å². The van der Waals surface area contributed by atoms with Gasteiger partial charge in [0.2, 0.25) is 4.96 Å². The van der Waals surface area contributed by atoms with Crippen molar-refractivity contribution in [1.82, 2.24) is 19.8 Å². The smallest absolute Gasteiger partial charge is 0.235 e. The molecule has 2 aromatic carbocycles. The van der Waals surface area contributed by atoms with Crippen molar-refractivity contribution in [2.45, 2.75) is 0 Å². The van der Waals surface area contributed by atoms with Gasteiger partial charge in [0.25, 0.3) is 0 Å². The van der Waals surface area contributed by atoms with E-state index in [4.69, 9.17) is 14.2 Å². The zero-order chi connectivity index (χ0) is 18.1. The van der Waals surface area contributed by atoms with E-state index in [9.17, 15) is 0 Å². The quantitative estimate of drug-likeness (QED) is 0.537. The van der Waals surface area contributed by atoms with Crippen molar-refractivity contribution in [2.24, 2.45) is 0 Å². The Morgan fingerprint density at radius 2 is 1.62 bits per heavy atom. The maximum absolute atomic E-state index is 5.43. The van der Waals surface area contributed by atoms with Gasteiger partial charge in [-0.05, 0) is 30.3 Å². The van der Waals surface area contributed by atoms with E-state index in [0.29, 0.717) is 22.3 Å². The second-order valence-corrected chi connectivity index (χ2v) is 6.35. The third kappa shape index (κ3) is 2.64. The second-order valence-electron chi connectivity index (χ2n) is 5.40. The number of benzene rings is 2. The summed E-state index contributed by atoms with van der Waals surface area (Å²) in [7, 11) is 4.85. The van der Waals surface area contributed by atoms with Gasteiger partial charge < -0.3 is 14.2 Å². The van der Waals surface area contributed by atoms with E-state index in [0.717, 1.165) is 21.9 Å². The predicted molar refractivity (Wildman–Crippen MR) is 99.2 cm³/mol. The largest absolute Gasteiger partial charge is 0.496 e. The molecule has 8 heteroatoms. The third-order valence-corrected chi connectivity index (χ3v) is 4.92. The van der Waals surface area contributed by atoms with Crippen molar-refractivity contribution < 1.29 is 14.2 Å². The number of aromatic nitrogens is 4. The molecule has 0 radical (unpaired) electrons. The Hall–Kier alpha value is -3.13. The third-order valence-electron chi connectivity index (χ3n) is 3.97. The zero-order valence-electron chi connectivity index (χ0n) is 14.5. The fourth-order valence-corrected chi connectivity index (χ4v) is 3.54. The van der Waals surface area contributed by atoms with Gasteiger partial charge in [0.15, 0.2) is 17.3 Å². The number of fused-ring (bicyclic) bond motifs is 1. The summed E-state index contributed by atoms with van der Waals surface area (Å²) in [6, 6.07) is 13.4. The van der Waals surface area contributed by atoms with Crippen LogP contribution >= 0.6 is 11.3 Å². The summed E-state index contributed by atoms with van der Waals surface area (Å²) in [6.45, 7) is 0. The molecule has 0 aliphatic heterocycles. The Balaban J connectivity index is 1.82. The molecule has 0 spiro atoms. The molecule has 0 N–H and O–H groups in total. The van der Waals surface area contributed by atoms with Crippen LogP contribution in [0, 0.1) is 0 Å². The molecular weight excluding hydrogens is 352 g/mol. The Morgan fingerprint density at radius 3 is 2.38 bits per heavy atom. The van der Waals surface area contributed by atoms with Crippen molar-refractivity contribution in [1.29, 1.82) is 0 Å². The minimum absolute atomic E-state index is 0.639. The van der Waals surface area contributed by atoms with E-state index >= 15 is 0 Å². The Bertz CT molecular complexity index is 1070. The van der Waals surface area contributed by atoms with Crippen LogP contribution in [0.5, 0.6) is 17.2 Å². The molecule has 26 heavy (non-hydrogen) atoms. The monoisotopic (exact) mass is 368 g/mol. The highest BCUT2D eigenvalue weighted by molar-refractivity contribution is 7.19. The predicted octanol–water partition coefficient (Wildman–Crippen LogP) is 3.55. The molecule has 132 valence electrons. The van der Waals surface area contributed by atoms with Crippen molar-refractivity contribution in [3.05, 3.63) is 42.5 Å². The number of rotatable bonds is 5. The molecule has 0 aliphatic carbocycles. The molecule has 0 saturated heterocycles. The zero-order valence-corrected chi connectivity index (χ0v) is 15.3. The van der Waals surface area contributed by atoms with Crippen LogP contribution in [0.25, 0.3) is 26.9 Å². The molecule has 0 amide bonds. The maximum atomic E-state index is 5.43. The normalized spacial score (nSPS) is 10.9. The van der Waals surface area contributed by atoms with Gasteiger partial charge >= 0.3 is 0 Å². The van der Waals surface area contributed by atoms with Gasteiger partial charge in [-0.2, -0.15) is 9.61 Å². The molecule has 2 heterocycles. The van der Waals surface area contributed by atoms with Crippen molar-refractivity contribution in [2.75, 3.05) is 21.3 Å². The summed E-state index contributed by atoms with van der Waals surface area (Å²) >= 11 is 1.45. The first-order valence-electron chi connectivity index (χ1n) is 7.83. The van der Waals surface area contributed by atoms with Gasteiger partial charge in [0.05, 0.1) is 26.9 Å². The maximum Gasteiger partial charge on any atom is 0.235 e. The van der Waals surface area contributed by atoms with E-state index in [1.54, 1.807) is 25.8 Å². The summed E-state index contributed by atoms with van der Waals surface area (Å²) in [4.78, 5) is 0.704. The molecule has 0 aliphatic rings. The van der Waals surface area contributed by atoms with E-state index in [1.165, 1.54) is 11.3 Å². The Kier molecular flexibility index (Phi) is 4.18. The molecule has 7 nitrogen and oxygen atoms in total. The topological polar surface area (TPSA) is 70.8 Å². The van der Waals surface area contributed by atoms with Crippen LogP contribution in [0.15, 0.2) is 42.5 Å². The van der Waals surface area contributed by atoms with Crippen LogP contribution in [0.4, 0.5) is 0 Å². The van der Waals surface area contributed by atoms with Crippen LogP contribution < -0.4 is 14.2 Å². The van der Waals surface area contributed by atoms with Gasteiger partial charge in [-0.1, -0.05) is 23.5 Å². The standard InChI is InChI=1S/C18H16N4O3S/c1-23-13-7-5-4-6-12(13)16-19-20-18-22(16)21-17(26-18)11-8-9-14(24-2)15(10-11)25-3/h4-10H,1-3H3. The first-order chi connectivity index (χ1) is 12.7. The minimum atomic E-state index is 0.639.